The third-order valence-electron chi connectivity index (χ3n) is 6.36. The Hall–Kier alpha value is -4.91. The van der Waals surface area contributed by atoms with Gasteiger partial charge in [-0.25, -0.2) is 23.8 Å². The van der Waals surface area contributed by atoms with E-state index in [2.05, 4.69) is 24.8 Å². The Morgan fingerprint density at radius 1 is 1.00 bits per heavy atom. The average Bonchev–Trinajstić information content (AvgIpc) is 3.59. The van der Waals surface area contributed by atoms with E-state index in [0.717, 1.165) is 28.7 Å². The molecule has 0 bridgehead atoms. The smallest absolute Gasteiger partial charge is 0.406 e. The maximum atomic E-state index is 14.9. The predicted molar refractivity (Wildman–Crippen MR) is 155 cm³/mol. The van der Waals surface area contributed by atoms with Gasteiger partial charge in [0, 0.05) is 22.9 Å². The number of aryl methyl sites for hydroxylation is 3. The van der Waals surface area contributed by atoms with Crippen LogP contribution in [0.15, 0.2) is 88.4 Å². The monoisotopic (exact) mass is 608 g/mol. The van der Waals surface area contributed by atoms with Gasteiger partial charge in [0.05, 0.1) is 11.4 Å². The molecule has 8 nitrogen and oxygen atoms in total. The average molecular weight is 609 g/mol. The number of hydrogen-bond acceptors (Lipinski definition) is 5. The molecule has 0 aliphatic rings. The van der Waals surface area contributed by atoms with E-state index in [1.807, 2.05) is 48.9 Å². The van der Waals surface area contributed by atoms with Crippen molar-refractivity contribution in [1.82, 2.24) is 19.3 Å². The van der Waals surface area contributed by atoms with E-state index in [0.29, 0.717) is 21.9 Å². The second kappa shape index (κ2) is 12.1. The molecule has 0 aliphatic carbocycles. The number of aliphatic imine (C=N–C) groups is 1. The summed E-state index contributed by atoms with van der Waals surface area (Å²) in [5, 5.41) is 6.23. The van der Waals surface area contributed by atoms with Gasteiger partial charge in [-0.05, 0) is 61.7 Å². The number of amides is 2. The molecule has 0 N–H and O–H groups in total. The van der Waals surface area contributed by atoms with E-state index in [4.69, 9.17) is 0 Å². The lowest BCUT2D eigenvalue weighted by Crippen LogP contribution is -2.17. The van der Waals surface area contributed by atoms with Crippen molar-refractivity contribution in [3.8, 4) is 28.5 Å². The number of hydrogen-bond donors (Lipinski definition) is 0. The SMILES string of the molecule is Cc1cccc(C)c1-n1c(C)csc1=NC(=O)N=CC(F)c1ccc(-c2ncn(-c3ccc(OC(F)(F)F)cc3)n2)cc1. The first kappa shape index (κ1) is 29.6. The van der Waals surface area contributed by atoms with Crippen LogP contribution in [0.1, 0.15) is 28.6 Å². The van der Waals surface area contributed by atoms with Crippen molar-refractivity contribution in [1.29, 1.82) is 0 Å². The number of alkyl halides is 4. The molecule has 0 saturated heterocycles. The molecule has 0 radical (unpaired) electrons. The van der Waals surface area contributed by atoms with Crippen LogP contribution in [-0.4, -0.2) is 37.9 Å². The van der Waals surface area contributed by atoms with Crippen molar-refractivity contribution in [2.45, 2.75) is 33.3 Å². The van der Waals surface area contributed by atoms with Crippen molar-refractivity contribution in [3.63, 3.8) is 0 Å². The van der Waals surface area contributed by atoms with Gasteiger partial charge in [0.1, 0.15) is 12.1 Å². The standard InChI is InChI=1S/C30H24F4N6O2S/c1-18-5-4-6-19(2)26(18)40-20(3)16-43-29(40)37-28(41)35-15-25(31)21-7-9-22(10-8-21)27-36-17-39(38-27)23-11-13-24(14-12-23)42-30(32,33)34/h4-17,25H,1-3H3. The van der Waals surface area contributed by atoms with E-state index in [9.17, 15) is 22.4 Å². The van der Waals surface area contributed by atoms with Crippen LogP contribution >= 0.6 is 11.3 Å². The number of benzene rings is 3. The van der Waals surface area contributed by atoms with Crippen molar-refractivity contribution >= 4 is 23.6 Å². The van der Waals surface area contributed by atoms with Gasteiger partial charge in [-0.2, -0.15) is 4.99 Å². The first-order chi connectivity index (χ1) is 20.5. The summed E-state index contributed by atoms with van der Waals surface area (Å²) in [7, 11) is 0. The number of halogens is 4. The Morgan fingerprint density at radius 3 is 2.33 bits per heavy atom. The van der Waals surface area contributed by atoms with Gasteiger partial charge in [-0.3, -0.25) is 4.57 Å². The molecule has 0 saturated carbocycles. The maximum absolute atomic E-state index is 14.9. The normalized spacial score (nSPS) is 13.0. The van der Waals surface area contributed by atoms with Crippen LogP contribution < -0.4 is 9.54 Å². The van der Waals surface area contributed by atoms with Gasteiger partial charge < -0.3 is 4.74 Å². The molecular weight excluding hydrogens is 584 g/mol. The summed E-state index contributed by atoms with van der Waals surface area (Å²) in [6, 6.07) is 16.5. The zero-order chi connectivity index (χ0) is 30.7. The van der Waals surface area contributed by atoms with Crippen molar-refractivity contribution in [2.75, 3.05) is 0 Å². The van der Waals surface area contributed by atoms with Crippen molar-refractivity contribution in [3.05, 3.63) is 106 Å². The van der Waals surface area contributed by atoms with Crippen LogP contribution in [0.4, 0.5) is 22.4 Å². The third kappa shape index (κ3) is 6.95. The molecule has 0 fully saturated rings. The summed E-state index contributed by atoms with van der Waals surface area (Å²) in [4.78, 5) is 25.0. The quantitative estimate of drug-likeness (QED) is 0.148. The van der Waals surface area contributed by atoms with Crippen molar-refractivity contribution in [2.24, 2.45) is 9.98 Å². The Bertz CT molecular complexity index is 1840. The minimum absolute atomic E-state index is 0.262. The number of nitrogens with zero attached hydrogens (tertiary/aromatic N) is 6. The molecule has 220 valence electrons. The van der Waals surface area contributed by atoms with Gasteiger partial charge in [0.15, 0.2) is 16.8 Å². The second-order valence-corrected chi connectivity index (χ2v) is 10.3. The van der Waals surface area contributed by atoms with E-state index in [-0.39, 0.29) is 11.3 Å². The van der Waals surface area contributed by atoms with E-state index >= 15 is 0 Å². The zero-order valence-electron chi connectivity index (χ0n) is 23.1. The Kier molecular flexibility index (Phi) is 8.35. The van der Waals surface area contributed by atoms with Gasteiger partial charge >= 0.3 is 12.4 Å². The number of aromatic nitrogens is 4. The summed E-state index contributed by atoms with van der Waals surface area (Å²) in [6.07, 6.45) is -4.13. The lowest BCUT2D eigenvalue weighted by atomic mass is 10.1. The number of urea groups is 1. The van der Waals surface area contributed by atoms with Gasteiger partial charge in [-0.1, -0.05) is 42.5 Å². The largest absolute Gasteiger partial charge is 0.573 e. The zero-order valence-corrected chi connectivity index (χ0v) is 23.9. The highest BCUT2D eigenvalue weighted by molar-refractivity contribution is 7.07. The molecule has 5 rings (SSSR count). The van der Waals surface area contributed by atoms with Crippen LogP contribution in [-0.2, 0) is 0 Å². The molecule has 2 amide bonds. The first-order valence-electron chi connectivity index (χ1n) is 12.9. The number of thiazole rings is 1. The minimum atomic E-state index is -4.78. The van der Waals surface area contributed by atoms with E-state index < -0.39 is 18.6 Å². The van der Waals surface area contributed by atoms with Crippen LogP contribution in [0.3, 0.4) is 0 Å². The lowest BCUT2D eigenvalue weighted by Gasteiger charge is -2.12. The molecule has 0 spiro atoms. The molecule has 3 aromatic carbocycles. The third-order valence-corrected chi connectivity index (χ3v) is 7.31. The number of para-hydroxylation sites is 1. The predicted octanol–water partition coefficient (Wildman–Crippen LogP) is 7.41. The van der Waals surface area contributed by atoms with Gasteiger partial charge in [-0.15, -0.1) is 29.6 Å². The first-order valence-corrected chi connectivity index (χ1v) is 13.8. The fraction of sp³-hybridized carbons (Fsp3) is 0.167. The highest BCUT2D eigenvalue weighted by Gasteiger charge is 2.31. The fourth-order valence-electron chi connectivity index (χ4n) is 4.36. The van der Waals surface area contributed by atoms with Gasteiger partial charge in [0.2, 0.25) is 0 Å². The van der Waals surface area contributed by atoms with Crippen LogP contribution in [0.5, 0.6) is 5.75 Å². The van der Waals surface area contributed by atoms with E-state index in [1.165, 1.54) is 58.7 Å². The molecule has 2 heterocycles. The molecule has 1 atom stereocenters. The number of ether oxygens (including phenoxy) is 1. The van der Waals surface area contributed by atoms with Crippen LogP contribution in [0.2, 0.25) is 0 Å². The molecular formula is C30H24F4N6O2S. The molecule has 5 aromatic rings. The lowest BCUT2D eigenvalue weighted by molar-refractivity contribution is -0.274. The minimum Gasteiger partial charge on any atom is -0.406 e. The summed E-state index contributed by atoms with van der Waals surface area (Å²) >= 11 is 1.30. The second-order valence-electron chi connectivity index (χ2n) is 9.49. The molecule has 2 aromatic heterocycles. The molecule has 43 heavy (non-hydrogen) atoms. The number of carbonyl (C=O) groups is 1. The fourth-order valence-corrected chi connectivity index (χ4v) is 5.22. The van der Waals surface area contributed by atoms with Gasteiger partial charge in [0.25, 0.3) is 0 Å². The Labute approximate surface area is 247 Å². The molecule has 1 unspecified atom stereocenters. The summed E-state index contributed by atoms with van der Waals surface area (Å²) in [5.74, 6) is -0.0295. The highest BCUT2D eigenvalue weighted by atomic mass is 32.1. The summed E-state index contributed by atoms with van der Waals surface area (Å²) in [5.41, 5.74) is 5.22. The maximum Gasteiger partial charge on any atom is 0.573 e. The van der Waals surface area contributed by atoms with Crippen LogP contribution in [0, 0.1) is 20.8 Å². The Morgan fingerprint density at radius 2 is 1.67 bits per heavy atom. The summed E-state index contributed by atoms with van der Waals surface area (Å²) < 4.78 is 59.2. The Balaban J connectivity index is 1.27. The van der Waals surface area contributed by atoms with E-state index in [1.54, 1.807) is 12.1 Å². The van der Waals surface area contributed by atoms with Crippen LogP contribution in [0.25, 0.3) is 22.8 Å². The molecule has 0 aliphatic heterocycles. The highest BCUT2D eigenvalue weighted by Crippen LogP contribution is 2.25. The molecule has 13 heteroatoms. The number of carbonyl (C=O) groups excluding carboxylic acids is 1. The summed E-state index contributed by atoms with van der Waals surface area (Å²) in [6.45, 7) is 5.89. The number of rotatable bonds is 6. The topological polar surface area (TPSA) is 86.7 Å². The van der Waals surface area contributed by atoms with Crippen molar-refractivity contribution < 1.29 is 27.1 Å².